The van der Waals surface area contributed by atoms with Crippen molar-refractivity contribution in [3.8, 4) is 0 Å². The molecule has 4 unspecified atom stereocenters. The van der Waals surface area contributed by atoms with Crippen LogP contribution in [0.2, 0.25) is 0 Å². The average molecular weight is 335 g/mol. The predicted octanol–water partition coefficient (Wildman–Crippen LogP) is 4.79. The van der Waals surface area contributed by atoms with Crippen molar-refractivity contribution in [3.05, 3.63) is 12.2 Å². The van der Waals surface area contributed by atoms with Crippen molar-refractivity contribution >= 4 is 5.97 Å². The Kier molecular flexibility index (Phi) is 5.11. The molecule has 3 heteroatoms. The van der Waals surface area contributed by atoms with Gasteiger partial charge in [-0.25, -0.2) is 0 Å². The number of carbonyl (C=O) groups is 1. The van der Waals surface area contributed by atoms with E-state index in [1.807, 2.05) is 0 Å². The van der Waals surface area contributed by atoms with Gasteiger partial charge in [-0.05, 0) is 62.2 Å². The fourth-order valence-corrected chi connectivity index (χ4v) is 6.23. The molecule has 0 aromatic carbocycles. The molecule has 3 aliphatic carbocycles. The Morgan fingerprint density at radius 2 is 1.96 bits per heavy atom. The van der Waals surface area contributed by atoms with E-state index in [4.69, 9.17) is 0 Å². The predicted molar refractivity (Wildman–Crippen MR) is 95.6 cm³/mol. The van der Waals surface area contributed by atoms with Gasteiger partial charge in [-0.3, -0.25) is 4.79 Å². The molecule has 0 heterocycles. The summed E-state index contributed by atoms with van der Waals surface area (Å²) in [7, 11) is 0. The number of unbranched alkanes of at least 4 members (excludes halogenated alkanes) is 2. The maximum Gasteiger partial charge on any atom is 0.307 e. The third-order valence-electron chi connectivity index (χ3n) is 7.68. The molecule has 0 radical (unpaired) electrons. The van der Waals surface area contributed by atoms with Crippen LogP contribution in [-0.2, 0) is 4.79 Å². The summed E-state index contributed by atoms with van der Waals surface area (Å²) >= 11 is 0. The highest BCUT2D eigenvalue weighted by Gasteiger charge is 2.62. The van der Waals surface area contributed by atoms with Crippen LogP contribution in [0.5, 0.6) is 0 Å². The topological polar surface area (TPSA) is 57.5 Å². The van der Waals surface area contributed by atoms with Crippen LogP contribution >= 0.6 is 0 Å². The minimum absolute atomic E-state index is 0.0487. The molecule has 136 valence electrons. The number of hydrogen-bond donors (Lipinski definition) is 2. The lowest BCUT2D eigenvalue weighted by molar-refractivity contribution is -0.150. The zero-order valence-electron chi connectivity index (χ0n) is 15.3. The van der Waals surface area contributed by atoms with Gasteiger partial charge in [0, 0.05) is 5.41 Å². The second-order valence-electron chi connectivity index (χ2n) is 8.87. The van der Waals surface area contributed by atoms with Crippen molar-refractivity contribution in [3.63, 3.8) is 0 Å². The van der Waals surface area contributed by atoms with E-state index < -0.39 is 5.97 Å². The zero-order chi connectivity index (χ0) is 17.4. The molecule has 0 saturated heterocycles. The first-order chi connectivity index (χ1) is 11.4. The fraction of sp³-hybridized carbons (Fsp3) is 0.857. The molecule has 2 bridgehead atoms. The summed E-state index contributed by atoms with van der Waals surface area (Å²) in [6.45, 7) is 4.62. The molecule has 0 aromatic rings. The van der Waals surface area contributed by atoms with Gasteiger partial charge in [-0.2, -0.15) is 0 Å². The first kappa shape index (κ1) is 18.0. The Bertz CT molecular complexity index is 491. The van der Waals surface area contributed by atoms with Crippen LogP contribution in [0, 0.1) is 28.6 Å². The maximum absolute atomic E-state index is 12.0. The molecule has 0 amide bonds. The Hall–Kier alpha value is -0.830. The lowest BCUT2D eigenvalue weighted by Crippen LogP contribution is -2.49. The minimum Gasteiger partial charge on any atom is -0.481 e. The Morgan fingerprint density at radius 3 is 2.54 bits per heavy atom. The van der Waals surface area contributed by atoms with Gasteiger partial charge in [-0.1, -0.05) is 45.3 Å². The SMILES string of the molecule is CCCCCC(C)(C1CCC(O)CC1)C12C=CC(CC1C(=O)O)C2. The summed E-state index contributed by atoms with van der Waals surface area (Å²) in [4.78, 5) is 12.0. The summed E-state index contributed by atoms with van der Waals surface area (Å²) < 4.78 is 0. The lowest BCUT2D eigenvalue weighted by Gasteiger charge is -2.53. The largest absolute Gasteiger partial charge is 0.481 e. The Morgan fingerprint density at radius 1 is 1.25 bits per heavy atom. The van der Waals surface area contributed by atoms with Crippen molar-refractivity contribution in [1.82, 2.24) is 0 Å². The van der Waals surface area contributed by atoms with Crippen molar-refractivity contribution < 1.29 is 15.0 Å². The van der Waals surface area contributed by atoms with Crippen molar-refractivity contribution in [1.29, 1.82) is 0 Å². The van der Waals surface area contributed by atoms with Gasteiger partial charge >= 0.3 is 5.97 Å². The monoisotopic (exact) mass is 334 g/mol. The molecular weight excluding hydrogens is 300 g/mol. The first-order valence-electron chi connectivity index (χ1n) is 10.0. The second-order valence-corrected chi connectivity index (χ2v) is 8.87. The van der Waals surface area contributed by atoms with Crippen LogP contribution in [-0.4, -0.2) is 22.3 Å². The minimum atomic E-state index is -0.598. The molecule has 0 spiro atoms. The molecule has 2 N–H and O–H groups in total. The van der Waals surface area contributed by atoms with Crippen LogP contribution in [0.4, 0.5) is 0 Å². The van der Waals surface area contributed by atoms with Crippen LogP contribution in [0.15, 0.2) is 12.2 Å². The van der Waals surface area contributed by atoms with Gasteiger partial charge in [-0.15, -0.1) is 0 Å². The van der Waals surface area contributed by atoms with E-state index in [0.29, 0.717) is 11.8 Å². The highest BCUT2D eigenvalue weighted by molar-refractivity contribution is 5.73. The zero-order valence-corrected chi connectivity index (χ0v) is 15.3. The molecule has 0 aliphatic heterocycles. The van der Waals surface area contributed by atoms with Gasteiger partial charge in [0.25, 0.3) is 0 Å². The molecule has 3 aliphatic rings. The standard InChI is InChI=1S/C21H34O3/c1-3-4-5-11-20(2,16-6-8-17(22)9-7-16)21-12-10-15(14-21)13-18(21)19(23)24/h10,12,15-18,22H,3-9,11,13-14H2,1-2H3,(H,23,24). The summed E-state index contributed by atoms with van der Waals surface area (Å²) in [6.07, 6.45) is 14.9. The molecular formula is C21H34O3. The lowest BCUT2D eigenvalue weighted by atomic mass is 9.50. The highest BCUT2D eigenvalue weighted by atomic mass is 16.4. The van der Waals surface area contributed by atoms with Crippen molar-refractivity contribution in [2.75, 3.05) is 0 Å². The average Bonchev–Trinajstić information content (AvgIpc) is 3.15. The number of allylic oxidation sites excluding steroid dienone is 2. The summed E-state index contributed by atoms with van der Waals surface area (Å²) in [6, 6.07) is 0. The number of hydrogen-bond acceptors (Lipinski definition) is 2. The van der Waals surface area contributed by atoms with E-state index in [1.54, 1.807) is 0 Å². The second kappa shape index (κ2) is 6.82. The van der Waals surface area contributed by atoms with E-state index in [0.717, 1.165) is 44.9 Å². The molecule has 3 nitrogen and oxygen atoms in total. The van der Waals surface area contributed by atoms with Gasteiger partial charge in [0.1, 0.15) is 0 Å². The molecule has 2 fully saturated rings. The van der Waals surface area contributed by atoms with Crippen LogP contribution < -0.4 is 0 Å². The molecule has 24 heavy (non-hydrogen) atoms. The third-order valence-corrected chi connectivity index (χ3v) is 7.68. The third kappa shape index (κ3) is 2.83. The Labute approximate surface area is 146 Å². The first-order valence-corrected chi connectivity index (χ1v) is 10.0. The summed E-state index contributed by atoms with van der Waals surface area (Å²) in [5.41, 5.74) is -0.114. The van der Waals surface area contributed by atoms with Gasteiger partial charge in [0.2, 0.25) is 0 Å². The Balaban J connectivity index is 1.91. The van der Waals surface area contributed by atoms with E-state index in [1.165, 1.54) is 19.3 Å². The number of fused-ring (bicyclic) bond motifs is 2. The number of carboxylic acids is 1. The van der Waals surface area contributed by atoms with Crippen LogP contribution in [0.25, 0.3) is 0 Å². The smallest absolute Gasteiger partial charge is 0.307 e. The fourth-order valence-electron chi connectivity index (χ4n) is 6.23. The molecule has 0 aromatic heterocycles. The molecule has 4 atom stereocenters. The highest BCUT2D eigenvalue weighted by Crippen LogP contribution is 2.67. The van der Waals surface area contributed by atoms with Gasteiger partial charge < -0.3 is 10.2 Å². The van der Waals surface area contributed by atoms with Crippen LogP contribution in [0.3, 0.4) is 0 Å². The van der Waals surface area contributed by atoms with Crippen molar-refractivity contribution in [2.45, 2.75) is 84.2 Å². The quantitative estimate of drug-likeness (QED) is 0.520. The summed E-state index contributed by atoms with van der Waals surface area (Å²) in [5.74, 6) is 0.192. The molecule has 3 rings (SSSR count). The normalized spacial score (nSPS) is 40.6. The van der Waals surface area contributed by atoms with E-state index >= 15 is 0 Å². The maximum atomic E-state index is 12.0. The van der Waals surface area contributed by atoms with Crippen molar-refractivity contribution in [2.24, 2.45) is 28.6 Å². The number of rotatable bonds is 7. The number of carboxylic acid groups (broad SMARTS) is 1. The van der Waals surface area contributed by atoms with Gasteiger partial charge in [0.15, 0.2) is 0 Å². The van der Waals surface area contributed by atoms with Crippen LogP contribution in [0.1, 0.15) is 78.1 Å². The molecule has 2 saturated carbocycles. The number of aliphatic hydroxyl groups is 1. The van der Waals surface area contributed by atoms with Gasteiger partial charge in [0.05, 0.1) is 12.0 Å². The van der Waals surface area contributed by atoms with E-state index in [2.05, 4.69) is 26.0 Å². The van der Waals surface area contributed by atoms with E-state index in [9.17, 15) is 15.0 Å². The summed E-state index contributed by atoms with van der Waals surface area (Å²) in [5, 5.41) is 19.8. The number of aliphatic hydroxyl groups excluding tert-OH is 1. The van der Waals surface area contributed by atoms with E-state index in [-0.39, 0.29) is 22.9 Å². The number of aliphatic carboxylic acids is 1.